The molecule has 2 rings (SSSR count). The Morgan fingerprint density at radius 1 is 1.31 bits per heavy atom. The van der Waals surface area contributed by atoms with E-state index in [0.717, 1.165) is 25.2 Å². The zero-order valence-corrected chi connectivity index (χ0v) is 8.97. The lowest BCUT2D eigenvalue weighted by molar-refractivity contribution is 0.574. The van der Waals surface area contributed by atoms with Crippen LogP contribution >= 0.6 is 0 Å². The summed E-state index contributed by atoms with van der Waals surface area (Å²) in [4.78, 5) is 3.64. The molecule has 16 heavy (non-hydrogen) atoms. The first kappa shape index (κ1) is 11.3. The van der Waals surface area contributed by atoms with Gasteiger partial charge in [0.05, 0.1) is 6.20 Å². The number of rotatable bonds is 6. The fourth-order valence-electron chi connectivity index (χ4n) is 1.43. The molecular formula is C11H15F2N3. The van der Waals surface area contributed by atoms with Crippen molar-refractivity contribution in [3.63, 3.8) is 0 Å². The van der Waals surface area contributed by atoms with E-state index in [9.17, 15) is 8.78 Å². The Morgan fingerprint density at radius 3 is 2.81 bits per heavy atom. The molecule has 3 nitrogen and oxygen atoms in total. The van der Waals surface area contributed by atoms with Gasteiger partial charge in [-0.2, -0.15) is 0 Å². The van der Waals surface area contributed by atoms with E-state index in [1.165, 1.54) is 12.8 Å². The highest BCUT2D eigenvalue weighted by molar-refractivity contribution is 5.35. The summed E-state index contributed by atoms with van der Waals surface area (Å²) in [7, 11) is 0. The Hall–Kier alpha value is -1.23. The van der Waals surface area contributed by atoms with Crippen LogP contribution in [0.2, 0.25) is 0 Å². The second-order valence-corrected chi connectivity index (χ2v) is 3.99. The van der Waals surface area contributed by atoms with Crippen LogP contribution < -0.4 is 10.6 Å². The molecule has 0 amide bonds. The second-order valence-electron chi connectivity index (χ2n) is 3.99. The summed E-state index contributed by atoms with van der Waals surface area (Å²) >= 11 is 0. The van der Waals surface area contributed by atoms with Gasteiger partial charge in [-0.15, -0.1) is 0 Å². The molecule has 0 radical (unpaired) electrons. The number of aromatic nitrogens is 1. The third-order valence-electron chi connectivity index (χ3n) is 2.46. The largest absolute Gasteiger partial charge is 0.368 e. The summed E-state index contributed by atoms with van der Waals surface area (Å²) in [5, 5.41) is 6.19. The SMILES string of the molecule is Fc1cnc(NCCCNC2CC2)c(F)c1. The van der Waals surface area contributed by atoms with E-state index in [-0.39, 0.29) is 5.82 Å². The van der Waals surface area contributed by atoms with Gasteiger partial charge in [0.1, 0.15) is 5.82 Å². The molecule has 0 atom stereocenters. The van der Waals surface area contributed by atoms with Crippen molar-refractivity contribution in [3.8, 4) is 0 Å². The van der Waals surface area contributed by atoms with Gasteiger partial charge in [-0.3, -0.25) is 0 Å². The summed E-state index contributed by atoms with van der Waals surface area (Å²) in [6.45, 7) is 1.55. The number of halogens is 2. The Morgan fingerprint density at radius 2 is 2.12 bits per heavy atom. The molecule has 88 valence electrons. The molecule has 0 aromatic carbocycles. The van der Waals surface area contributed by atoms with Crippen molar-refractivity contribution in [2.45, 2.75) is 25.3 Å². The van der Waals surface area contributed by atoms with Gasteiger partial charge >= 0.3 is 0 Å². The zero-order chi connectivity index (χ0) is 11.4. The van der Waals surface area contributed by atoms with E-state index in [1.54, 1.807) is 0 Å². The second kappa shape index (κ2) is 5.21. The predicted octanol–water partition coefficient (Wildman–Crippen LogP) is 1.91. The predicted molar refractivity (Wildman–Crippen MR) is 58.3 cm³/mol. The highest BCUT2D eigenvalue weighted by Gasteiger charge is 2.19. The molecule has 1 aliphatic carbocycles. The van der Waals surface area contributed by atoms with E-state index < -0.39 is 11.6 Å². The number of pyridine rings is 1. The van der Waals surface area contributed by atoms with Crippen molar-refractivity contribution >= 4 is 5.82 Å². The van der Waals surface area contributed by atoms with E-state index >= 15 is 0 Å². The average molecular weight is 227 g/mol. The molecule has 1 aliphatic rings. The monoisotopic (exact) mass is 227 g/mol. The maximum absolute atomic E-state index is 13.1. The molecular weight excluding hydrogens is 212 g/mol. The molecule has 0 unspecified atom stereocenters. The molecule has 0 saturated heterocycles. The maximum atomic E-state index is 13.1. The highest BCUT2D eigenvalue weighted by atomic mass is 19.1. The fraction of sp³-hybridized carbons (Fsp3) is 0.545. The first-order valence-electron chi connectivity index (χ1n) is 5.54. The van der Waals surface area contributed by atoms with Crippen LogP contribution in [0, 0.1) is 11.6 Å². The van der Waals surface area contributed by atoms with Crippen LogP contribution in [0.4, 0.5) is 14.6 Å². The molecule has 1 aromatic heterocycles. The smallest absolute Gasteiger partial charge is 0.168 e. The quantitative estimate of drug-likeness (QED) is 0.729. The molecule has 1 aromatic rings. The molecule has 0 aliphatic heterocycles. The Balaban J connectivity index is 1.67. The van der Waals surface area contributed by atoms with Crippen molar-refractivity contribution in [2.24, 2.45) is 0 Å². The third kappa shape index (κ3) is 3.41. The van der Waals surface area contributed by atoms with E-state index in [4.69, 9.17) is 0 Å². The minimum Gasteiger partial charge on any atom is -0.368 e. The van der Waals surface area contributed by atoms with Crippen molar-refractivity contribution in [1.29, 1.82) is 0 Å². The summed E-state index contributed by atoms with van der Waals surface area (Å²) in [5.74, 6) is -1.18. The number of hydrogen-bond donors (Lipinski definition) is 2. The third-order valence-corrected chi connectivity index (χ3v) is 2.46. The van der Waals surface area contributed by atoms with Crippen LogP contribution in [0.5, 0.6) is 0 Å². The lowest BCUT2D eigenvalue weighted by atomic mass is 10.4. The first-order valence-corrected chi connectivity index (χ1v) is 5.54. The molecule has 1 heterocycles. The fourth-order valence-corrected chi connectivity index (χ4v) is 1.43. The average Bonchev–Trinajstić information content (AvgIpc) is 3.04. The van der Waals surface area contributed by atoms with Gasteiger partial charge in [-0.25, -0.2) is 13.8 Å². The van der Waals surface area contributed by atoms with E-state index in [0.29, 0.717) is 12.6 Å². The summed E-state index contributed by atoms with van der Waals surface area (Å²) in [5.41, 5.74) is 0. The maximum Gasteiger partial charge on any atom is 0.168 e. The molecule has 5 heteroatoms. The summed E-state index contributed by atoms with van der Waals surface area (Å²) in [6, 6.07) is 1.53. The zero-order valence-electron chi connectivity index (χ0n) is 8.97. The van der Waals surface area contributed by atoms with Gasteiger partial charge in [0.15, 0.2) is 11.6 Å². The van der Waals surface area contributed by atoms with Gasteiger partial charge in [0.25, 0.3) is 0 Å². The Bertz CT molecular complexity index is 353. The van der Waals surface area contributed by atoms with Crippen LogP contribution in [0.3, 0.4) is 0 Å². The minimum absolute atomic E-state index is 0.118. The van der Waals surface area contributed by atoms with Crippen molar-refractivity contribution in [2.75, 3.05) is 18.4 Å². The molecule has 1 saturated carbocycles. The van der Waals surface area contributed by atoms with Crippen LogP contribution in [0.25, 0.3) is 0 Å². The number of hydrogen-bond acceptors (Lipinski definition) is 3. The van der Waals surface area contributed by atoms with Crippen LogP contribution in [0.1, 0.15) is 19.3 Å². The number of anilines is 1. The normalized spacial score (nSPS) is 15.1. The van der Waals surface area contributed by atoms with Gasteiger partial charge < -0.3 is 10.6 Å². The first-order chi connectivity index (χ1) is 7.75. The van der Waals surface area contributed by atoms with E-state index in [1.807, 2.05) is 0 Å². The minimum atomic E-state index is -0.654. The Labute approximate surface area is 93.3 Å². The standard InChI is InChI=1S/C11H15F2N3/c12-8-6-10(13)11(16-7-8)15-5-1-4-14-9-2-3-9/h6-7,9,14H,1-5H2,(H,15,16). The summed E-state index contributed by atoms with van der Waals surface area (Å²) in [6.07, 6.45) is 4.44. The lowest BCUT2D eigenvalue weighted by Gasteiger charge is -2.06. The van der Waals surface area contributed by atoms with Crippen molar-refractivity contribution < 1.29 is 8.78 Å². The van der Waals surface area contributed by atoms with E-state index in [2.05, 4.69) is 15.6 Å². The lowest BCUT2D eigenvalue weighted by Crippen LogP contribution is -2.20. The van der Waals surface area contributed by atoms with Crippen molar-refractivity contribution in [3.05, 3.63) is 23.9 Å². The molecule has 0 bridgehead atoms. The Kier molecular flexibility index (Phi) is 3.66. The van der Waals surface area contributed by atoms with Crippen LogP contribution in [-0.4, -0.2) is 24.1 Å². The molecule has 2 N–H and O–H groups in total. The van der Waals surface area contributed by atoms with Gasteiger partial charge in [-0.1, -0.05) is 0 Å². The topological polar surface area (TPSA) is 37.0 Å². The van der Waals surface area contributed by atoms with Crippen molar-refractivity contribution in [1.82, 2.24) is 10.3 Å². The van der Waals surface area contributed by atoms with Gasteiger partial charge in [-0.05, 0) is 25.8 Å². The number of nitrogens with zero attached hydrogens (tertiary/aromatic N) is 1. The van der Waals surface area contributed by atoms with Crippen LogP contribution in [0.15, 0.2) is 12.3 Å². The highest BCUT2D eigenvalue weighted by Crippen LogP contribution is 2.18. The van der Waals surface area contributed by atoms with Gasteiger partial charge in [0.2, 0.25) is 0 Å². The molecule has 1 fully saturated rings. The van der Waals surface area contributed by atoms with Crippen LogP contribution in [-0.2, 0) is 0 Å². The summed E-state index contributed by atoms with van der Waals surface area (Å²) < 4.78 is 25.7. The molecule has 0 spiro atoms. The number of nitrogens with one attached hydrogen (secondary N) is 2. The van der Waals surface area contributed by atoms with Gasteiger partial charge in [0, 0.05) is 18.7 Å².